The second-order valence-electron chi connectivity index (χ2n) is 8.23. The highest BCUT2D eigenvalue weighted by Gasteiger charge is 2.29. The highest BCUT2D eigenvalue weighted by Crippen LogP contribution is 2.40. The van der Waals surface area contributed by atoms with E-state index in [-0.39, 0.29) is 6.61 Å². The summed E-state index contributed by atoms with van der Waals surface area (Å²) in [4.78, 5) is 19.5. The van der Waals surface area contributed by atoms with E-state index >= 15 is 0 Å². The molecular weight excluding hydrogens is 400 g/mol. The van der Waals surface area contributed by atoms with Crippen molar-refractivity contribution in [2.45, 2.75) is 66.1 Å². The van der Waals surface area contributed by atoms with Gasteiger partial charge in [-0.3, -0.25) is 0 Å². The molecule has 5 N–H and O–H groups in total. The Morgan fingerprint density at radius 2 is 1.58 bits per heavy atom. The van der Waals surface area contributed by atoms with E-state index in [1.807, 2.05) is 19.1 Å². The predicted octanol–water partition coefficient (Wildman–Crippen LogP) is 3.39. The lowest BCUT2D eigenvalue weighted by molar-refractivity contribution is -0.165. The Labute approximate surface area is 184 Å². The Morgan fingerprint density at radius 3 is 2.03 bits per heavy atom. The minimum Gasteiger partial charge on any atom is -0.479 e. The van der Waals surface area contributed by atoms with E-state index in [0.29, 0.717) is 5.41 Å². The largest absolute Gasteiger partial charge is 0.479 e. The summed E-state index contributed by atoms with van der Waals surface area (Å²) in [5, 5.41) is 41.3. The molecule has 1 aliphatic carbocycles. The molecule has 174 valence electrons. The maximum Gasteiger partial charge on any atom is 0.335 e. The van der Waals surface area contributed by atoms with Gasteiger partial charge in [0.05, 0.1) is 6.61 Å². The van der Waals surface area contributed by atoms with Crippen LogP contribution in [-0.4, -0.2) is 56.3 Å². The fourth-order valence-corrected chi connectivity index (χ4v) is 3.11. The number of hydrogen-bond acceptors (Lipinski definition) is 5. The van der Waals surface area contributed by atoms with Gasteiger partial charge in [0.15, 0.2) is 12.2 Å². The van der Waals surface area contributed by atoms with Gasteiger partial charge in [-0.2, -0.15) is 0 Å². The molecule has 0 bridgehead atoms. The van der Waals surface area contributed by atoms with E-state index in [4.69, 9.17) is 25.5 Å². The molecule has 0 spiro atoms. The van der Waals surface area contributed by atoms with Crippen LogP contribution in [0.15, 0.2) is 58.7 Å². The first kappa shape index (κ1) is 28.5. The number of aliphatic carboxylic acids is 2. The van der Waals surface area contributed by atoms with Crippen LogP contribution in [0.4, 0.5) is 0 Å². The summed E-state index contributed by atoms with van der Waals surface area (Å²) in [6.07, 6.45) is 11.8. The number of aliphatic hydroxyl groups is 3. The molecule has 2 unspecified atom stereocenters. The van der Waals surface area contributed by atoms with Gasteiger partial charge in [0, 0.05) is 0 Å². The minimum atomic E-state index is -2.27. The Hall–Kier alpha value is -2.48. The Bertz CT molecular complexity index is 749. The standard InChI is InChI=1S/C20H30O.C4H6O6/c1-16(8-6-9-17(2)13-15-21)11-12-19-18(3)10-7-14-20(19,4)5;5-1(3(7)8)2(6)4(9)10/h6,8-9,11-13,21H,7,10,14-15H2,1-5H3;1-2,5-6H,(H,7,8)(H,9,10)/b9-6+,12-11+,16-8+,17-13+;. The maximum atomic E-state index is 9.77. The normalized spacial score (nSPS) is 19.2. The number of carboxylic acids is 2. The van der Waals surface area contributed by atoms with Gasteiger partial charge in [0.2, 0.25) is 0 Å². The Kier molecular flexibility index (Phi) is 12.6. The van der Waals surface area contributed by atoms with E-state index in [9.17, 15) is 9.59 Å². The first-order chi connectivity index (χ1) is 14.3. The highest BCUT2D eigenvalue weighted by atomic mass is 16.4. The van der Waals surface area contributed by atoms with Gasteiger partial charge in [-0.25, -0.2) is 9.59 Å². The lowest BCUT2D eigenvalue weighted by Crippen LogP contribution is -2.39. The fraction of sp³-hybridized carbons (Fsp3) is 0.500. The summed E-state index contributed by atoms with van der Waals surface area (Å²) >= 11 is 0. The zero-order valence-electron chi connectivity index (χ0n) is 19.0. The van der Waals surface area contributed by atoms with Crippen molar-refractivity contribution in [1.82, 2.24) is 0 Å². The van der Waals surface area contributed by atoms with E-state index in [1.54, 1.807) is 6.08 Å². The zero-order chi connectivity index (χ0) is 24.2. The van der Waals surface area contributed by atoms with Crippen molar-refractivity contribution in [3.8, 4) is 0 Å². The number of carbonyl (C=O) groups is 2. The van der Waals surface area contributed by atoms with Crippen LogP contribution in [0.25, 0.3) is 0 Å². The number of carboxylic acid groups (broad SMARTS) is 2. The third-order valence-corrected chi connectivity index (χ3v) is 4.99. The van der Waals surface area contributed by atoms with Gasteiger partial charge >= 0.3 is 11.9 Å². The van der Waals surface area contributed by atoms with Crippen LogP contribution in [0.5, 0.6) is 0 Å². The second-order valence-corrected chi connectivity index (χ2v) is 8.23. The van der Waals surface area contributed by atoms with Crippen LogP contribution in [-0.2, 0) is 9.59 Å². The van der Waals surface area contributed by atoms with Crippen molar-refractivity contribution < 1.29 is 35.1 Å². The molecule has 0 saturated heterocycles. The molecule has 31 heavy (non-hydrogen) atoms. The van der Waals surface area contributed by atoms with Crippen molar-refractivity contribution in [3.63, 3.8) is 0 Å². The summed E-state index contributed by atoms with van der Waals surface area (Å²) in [6.45, 7) is 11.2. The van der Waals surface area contributed by atoms with Gasteiger partial charge < -0.3 is 25.5 Å². The topological polar surface area (TPSA) is 135 Å². The average molecular weight is 437 g/mol. The average Bonchev–Trinajstić information content (AvgIpc) is 2.66. The lowest BCUT2D eigenvalue weighted by atomic mass is 9.72. The molecule has 0 fully saturated rings. The van der Waals surface area contributed by atoms with Crippen molar-refractivity contribution >= 4 is 11.9 Å². The summed E-state index contributed by atoms with van der Waals surface area (Å²) in [7, 11) is 0. The molecule has 1 aliphatic rings. The number of allylic oxidation sites excluding steroid dienone is 9. The molecule has 0 heterocycles. The van der Waals surface area contributed by atoms with Crippen LogP contribution in [0.3, 0.4) is 0 Å². The van der Waals surface area contributed by atoms with Crippen molar-refractivity contribution in [2.24, 2.45) is 5.41 Å². The number of aliphatic hydroxyl groups excluding tert-OH is 3. The summed E-state index contributed by atoms with van der Waals surface area (Å²) < 4.78 is 0. The van der Waals surface area contributed by atoms with Crippen LogP contribution in [0.1, 0.15) is 53.9 Å². The first-order valence-electron chi connectivity index (χ1n) is 10.2. The van der Waals surface area contributed by atoms with Crippen molar-refractivity contribution in [1.29, 1.82) is 0 Å². The molecule has 0 aromatic heterocycles. The third-order valence-electron chi connectivity index (χ3n) is 4.99. The van der Waals surface area contributed by atoms with Crippen molar-refractivity contribution in [3.05, 3.63) is 58.7 Å². The second kappa shape index (κ2) is 13.7. The van der Waals surface area contributed by atoms with Crippen LogP contribution < -0.4 is 0 Å². The summed E-state index contributed by atoms with van der Waals surface area (Å²) in [5.41, 5.74) is 5.66. The molecule has 0 aromatic carbocycles. The number of hydrogen-bond donors (Lipinski definition) is 5. The van der Waals surface area contributed by atoms with Crippen LogP contribution >= 0.6 is 0 Å². The minimum absolute atomic E-state index is 0.0985. The van der Waals surface area contributed by atoms with Gasteiger partial charge in [-0.15, -0.1) is 0 Å². The monoisotopic (exact) mass is 436 g/mol. The van der Waals surface area contributed by atoms with E-state index in [0.717, 1.165) is 5.57 Å². The first-order valence-corrected chi connectivity index (χ1v) is 10.2. The Balaban J connectivity index is 0.000000759. The van der Waals surface area contributed by atoms with E-state index in [2.05, 4.69) is 45.9 Å². The number of rotatable bonds is 8. The molecule has 0 radical (unpaired) electrons. The maximum absolute atomic E-state index is 9.77. The molecular formula is C24H36O7. The smallest absolute Gasteiger partial charge is 0.335 e. The SMILES string of the molecule is CC1=C(/C=C/C(C)=C/C=C/C(C)=C/CO)C(C)(C)CCC1.O=C(O)C(O)C(O)C(=O)O. The predicted molar refractivity (Wildman–Crippen MR) is 120 cm³/mol. The molecule has 0 aromatic rings. The van der Waals surface area contributed by atoms with Gasteiger partial charge in [-0.05, 0) is 51.0 Å². The van der Waals surface area contributed by atoms with E-state index < -0.39 is 24.1 Å². The quantitative estimate of drug-likeness (QED) is 0.368. The highest BCUT2D eigenvalue weighted by molar-refractivity contribution is 5.83. The van der Waals surface area contributed by atoms with Crippen molar-refractivity contribution in [2.75, 3.05) is 6.61 Å². The van der Waals surface area contributed by atoms with Crippen LogP contribution in [0.2, 0.25) is 0 Å². The fourth-order valence-electron chi connectivity index (χ4n) is 3.11. The zero-order valence-corrected chi connectivity index (χ0v) is 19.0. The van der Waals surface area contributed by atoms with Gasteiger partial charge in [0.1, 0.15) is 0 Å². The molecule has 0 aliphatic heterocycles. The Morgan fingerprint density at radius 1 is 1.03 bits per heavy atom. The molecule has 0 saturated carbocycles. The molecule has 7 nitrogen and oxygen atoms in total. The lowest BCUT2D eigenvalue weighted by Gasteiger charge is -2.32. The summed E-state index contributed by atoms with van der Waals surface area (Å²) in [5.74, 6) is -3.54. The summed E-state index contributed by atoms with van der Waals surface area (Å²) in [6, 6.07) is 0. The molecule has 0 amide bonds. The van der Waals surface area contributed by atoms with Gasteiger partial charge in [0.25, 0.3) is 0 Å². The molecule has 2 atom stereocenters. The van der Waals surface area contributed by atoms with Gasteiger partial charge in [-0.1, -0.05) is 67.0 Å². The molecule has 7 heteroatoms. The third kappa shape index (κ3) is 10.9. The van der Waals surface area contributed by atoms with Crippen LogP contribution in [0, 0.1) is 5.41 Å². The molecule has 1 rings (SSSR count). The van der Waals surface area contributed by atoms with E-state index in [1.165, 1.54) is 36.0 Å².